The quantitative estimate of drug-likeness (QED) is 0.477. The highest BCUT2D eigenvalue weighted by Crippen LogP contribution is 2.27. The normalized spacial score (nSPS) is 16.0. The minimum atomic E-state index is -0.719. The summed E-state index contributed by atoms with van der Waals surface area (Å²) in [6, 6.07) is 5.23. The van der Waals surface area contributed by atoms with Crippen molar-refractivity contribution in [2.24, 2.45) is 0 Å². The Kier molecular flexibility index (Phi) is 7.77. The number of hydrogen-bond acceptors (Lipinski definition) is 8. The molecule has 0 saturated carbocycles. The van der Waals surface area contributed by atoms with Crippen molar-refractivity contribution in [2.45, 2.75) is 39.3 Å². The van der Waals surface area contributed by atoms with Crippen LogP contribution in [-0.4, -0.2) is 75.3 Å². The van der Waals surface area contributed by atoms with E-state index in [1.54, 1.807) is 50.5 Å². The van der Waals surface area contributed by atoms with Gasteiger partial charge >= 0.3 is 6.16 Å². The van der Waals surface area contributed by atoms with Gasteiger partial charge in [-0.15, -0.1) is 5.06 Å². The Morgan fingerprint density at radius 3 is 2.50 bits per heavy atom. The number of ether oxygens (including phenoxy) is 1. The van der Waals surface area contributed by atoms with Crippen LogP contribution in [0.2, 0.25) is 5.02 Å². The number of rotatable bonds is 6. The minimum Gasteiger partial charge on any atom is -0.427 e. The standard InChI is InChI=1S/C25H31ClN6O4/c1-16-28-13-17(14-29-16)21(31-9-11-32(12-10-31)36-24(34)35-25(2,3)4)15-30-23(33)19-5-6-20-18(22(19)26)7-8-27-20/h5-8,13-14,21,27H,9-12,15H2,1-4H3,(H,30,33). The fourth-order valence-electron chi connectivity index (χ4n) is 4.07. The molecule has 2 N–H and O–H groups in total. The molecule has 1 aromatic carbocycles. The van der Waals surface area contributed by atoms with Crippen molar-refractivity contribution in [3.63, 3.8) is 0 Å². The van der Waals surface area contributed by atoms with Crippen molar-refractivity contribution in [1.82, 2.24) is 30.2 Å². The number of fused-ring (bicyclic) bond motifs is 1. The van der Waals surface area contributed by atoms with Crippen LogP contribution in [0.15, 0.2) is 36.8 Å². The van der Waals surface area contributed by atoms with E-state index in [4.69, 9.17) is 21.2 Å². The van der Waals surface area contributed by atoms with Gasteiger partial charge in [0.2, 0.25) is 0 Å². The maximum Gasteiger partial charge on any atom is 0.528 e. The molecule has 2 aromatic heterocycles. The van der Waals surface area contributed by atoms with Crippen molar-refractivity contribution >= 4 is 34.6 Å². The van der Waals surface area contributed by atoms with Gasteiger partial charge in [0.25, 0.3) is 5.91 Å². The number of aromatic nitrogens is 3. The van der Waals surface area contributed by atoms with E-state index in [9.17, 15) is 9.59 Å². The Bertz CT molecular complexity index is 1220. The zero-order valence-corrected chi connectivity index (χ0v) is 21.6. The van der Waals surface area contributed by atoms with Crippen LogP contribution in [0.5, 0.6) is 0 Å². The lowest BCUT2D eigenvalue weighted by Gasteiger charge is -2.38. The molecule has 10 nitrogen and oxygen atoms in total. The highest BCUT2D eigenvalue weighted by Gasteiger charge is 2.29. The van der Waals surface area contributed by atoms with Gasteiger partial charge < -0.3 is 19.9 Å². The fraction of sp³-hybridized carbons (Fsp3) is 0.440. The molecular formula is C25H31ClN6O4. The Hall–Kier alpha value is -3.21. The number of aromatic amines is 1. The molecule has 3 heterocycles. The third-order valence-electron chi connectivity index (χ3n) is 5.86. The van der Waals surface area contributed by atoms with Gasteiger partial charge in [0, 0.05) is 67.8 Å². The number of carbonyl (C=O) groups excluding carboxylic acids is 2. The van der Waals surface area contributed by atoms with Crippen molar-refractivity contribution in [2.75, 3.05) is 32.7 Å². The molecule has 3 aromatic rings. The molecule has 1 aliphatic heterocycles. The van der Waals surface area contributed by atoms with E-state index in [0.29, 0.717) is 49.1 Å². The summed E-state index contributed by atoms with van der Waals surface area (Å²) >= 11 is 6.51. The maximum atomic E-state index is 13.1. The molecule has 1 saturated heterocycles. The van der Waals surface area contributed by atoms with Gasteiger partial charge in [-0.05, 0) is 45.9 Å². The molecule has 0 aliphatic carbocycles. The topological polar surface area (TPSA) is 113 Å². The number of H-pyrrole nitrogens is 1. The van der Waals surface area contributed by atoms with E-state index in [1.165, 1.54) is 0 Å². The van der Waals surface area contributed by atoms with E-state index in [1.807, 2.05) is 19.1 Å². The molecule has 4 rings (SSSR count). The molecule has 192 valence electrons. The zero-order chi connectivity index (χ0) is 25.9. The molecule has 11 heteroatoms. The SMILES string of the molecule is Cc1ncc(C(CNC(=O)c2ccc3[nH]ccc3c2Cl)N2CCN(OC(=O)OC(C)(C)C)CC2)cn1. The summed E-state index contributed by atoms with van der Waals surface area (Å²) in [4.78, 5) is 44.4. The van der Waals surface area contributed by atoms with Gasteiger partial charge in [0.05, 0.1) is 16.6 Å². The highest BCUT2D eigenvalue weighted by atomic mass is 35.5. The van der Waals surface area contributed by atoms with E-state index in [0.717, 1.165) is 16.5 Å². The molecule has 0 spiro atoms. The summed E-state index contributed by atoms with van der Waals surface area (Å²) in [7, 11) is 0. The number of aryl methyl sites for hydroxylation is 1. The van der Waals surface area contributed by atoms with Gasteiger partial charge in [-0.3, -0.25) is 9.69 Å². The second-order valence-corrected chi connectivity index (χ2v) is 10.1. The molecule has 1 fully saturated rings. The molecule has 0 bridgehead atoms. The van der Waals surface area contributed by atoms with Crippen LogP contribution in [0.3, 0.4) is 0 Å². The van der Waals surface area contributed by atoms with Crippen LogP contribution in [0.1, 0.15) is 48.6 Å². The number of nitrogens with one attached hydrogen (secondary N) is 2. The molecule has 1 atom stereocenters. The van der Waals surface area contributed by atoms with E-state index < -0.39 is 11.8 Å². The minimum absolute atomic E-state index is 0.173. The molecule has 1 aliphatic rings. The number of halogens is 1. The molecule has 0 radical (unpaired) electrons. The summed E-state index contributed by atoms with van der Waals surface area (Å²) < 4.78 is 5.24. The largest absolute Gasteiger partial charge is 0.528 e. The van der Waals surface area contributed by atoms with E-state index in [2.05, 4.69) is 25.2 Å². The lowest BCUT2D eigenvalue weighted by atomic mass is 10.1. The van der Waals surface area contributed by atoms with Gasteiger partial charge in [-0.25, -0.2) is 14.8 Å². The third kappa shape index (κ3) is 6.31. The third-order valence-corrected chi connectivity index (χ3v) is 6.27. The predicted octanol–water partition coefficient (Wildman–Crippen LogP) is 3.88. The first-order valence-corrected chi connectivity index (χ1v) is 12.2. The highest BCUT2D eigenvalue weighted by molar-refractivity contribution is 6.38. The maximum absolute atomic E-state index is 13.1. The lowest BCUT2D eigenvalue weighted by Crippen LogP contribution is -2.50. The van der Waals surface area contributed by atoms with E-state index >= 15 is 0 Å². The average Bonchev–Trinajstić information content (AvgIpc) is 3.30. The van der Waals surface area contributed by atoms with Gasteiger partial charge in [0.15, 0.2) is 0 Å². The Balaban J connectivity index is 1.43. The number of hydroxylamine groups is 2. The van der Waals surface area contributed by atoms with E-state index in [-0.39, 0.29) is 11.9 Å². The van der Waals surface area contributed by atoms with Crippen LogP contribution in [0, 0.1) is 6.92 Å². The van der Waals surface area contributed by atoms with Crippen molar-refractivity contribution in [3.8, 4) is 0 Å². The van der Waals surface area contributed by atoms with Crippen LogP contribution >= 0.6 is 11.6 Å². The summed E-state index contributed by atoms with van der Waals surface area (Å²) in [5.74, 6) is 0.414. The average molecular weight is 515 g/mol. The number of piperazine rings is 1. The molecule has 36 heavy (non-hydrogen) atoms. The molecular weight excluding hydrogens is 484 g/mol. The summed E-state index contributed by atoms with van der Waals surface area (Å²) in [6.07, 6.45) is 4.63. The monoisotopic (exact) mass is 514 g/mol. The first kappa shape index (κ1) is 25.9. The molecule has 1 unspecified atom stereocenters. The first-order valence-electron chi connectivity index (χ1n) is 11.8. The van der Waals surface area contributed by atoms with Crippen molar-refractivity contribution < 1.29 is 19.2 Å². The van der Waals surface area contributed by atoms with Gasteiger partial charge in [-0.2, -0.15) is 0 Å². The van der Waals surface area contributed by atoms with Crippen LogP contribution in [0.4, 0.5) is 4.79 Å². The number of benzene rings is 1. The van der Waals surface area contributed by atoms with Crippen LogP contribution in [-0.2, 0) is 9.57 Å². The predicted molar refractivity (Wildman–Crippen MR) is 136 cm³/mol. The van der Waals surface area contributed by atoms with Crippen molar-refractivity contribution in [1.29, 1.82) is 0 Å². The van der Waals surface area contributed by atoms with Crippen LogP contribution in [0.25, 0.3) is 10.9 Å². The van der Waals surface area contributed by atoms with Crippen molar-refractivity contribution in [3.05, 3.63) is 58.8 Å². The first-order chi connectivity index (χ1) is 17.1. The number of hydrogen-bond donors (Lipinski definition) is 2. The Labute approximate surface area is 214 Å². The van der Waals surface area contributed by atoms with Crippen LogP contribution < -0.4 is 5.32 Å². The second kappa shape index (κ2) is 10.8. The number of nitrogens with zero attached hydrogens (tertiary/aromatic N) is 4. The van der Waals surface area contributed by atoms with Gasteiger partial charge in [0.1, 0.15) is 11.4 Å². The summed E-state index contributed by atoms with van der Waals surface area (Å²) in [5.41, 5.74) is 1.55. The lowest BCUT2D eigenvalue weighted by molar-refractivity contribution is -0.160. The number of carbonyl (C=O) groups is 2. The Morgan fingerprint density at radius 2 is 1.83 bits per heavy atom. The molecule has 1 amide bonds. The smallest absolute Gasteiger partial charge is 0.427 e. The fourth-order valence-corrected chi connectivity index (χ4v) is 4.38. The van der Waals surface area contributed by atoms with Gasteiger partial charge in [-0.1, -0.05) is 11.6 Å². The Morgan fingerprint density at radius 1 is 1.14 bits per heavy atom. The second-order valence-electron chi connectivity index (χ2n) is 9.68. The summed E-state index contributed by atoms with van der Waals surface area (Å²) in [5, 5.41) is 5.83. The zero-order valence-electron chi connectivity index (χ0n) is 20.9. The summed E-state index contributed by atoms with van der Waals surface area (Å²) in [6.45, 7) is 9.72. The number of amides is 1.